The lowest BCUT2D eigenvalue weighted by molar-refractivity contribution is 0.0916. The van der Waals surface area contributed by atoms with E-state index in [0.717, 1.165) is 36.8 Å². The third-order valence-corrected chi connectivity index (χ3v) is 5.22. The van der Waals surface area contributed by atoms with Crippen molar-refractivity contribution in [2.45, 2.75) is 57.7 Å². The topological polar surface area (TPSA) is 87.3 Å². The van der Waals surface area contributed by atoms with Gasteiger partial charge in [-0.3, -0.25) is 4.68 Å². The summed E-state index contributed by atoms with van der Waals surface area (Å²) in [5, 5.41) is 23.4. The SMILES string of the molecule is Cc1cc(C2CCC2)nc(N2CCCn3nc(C(O)CO)cc3C2)n1. The lowest BCUT2D eigenvalue weighted by Crippen LogP contribution is -2.26. The molecule has 7 nitrogen and oxygen atoms in total. The molecule has 3 heterocycles. The van der Waals surface area contributed by atoms with E-state index in [0.29, 0.717) is 18.2 Å². The van der Waals surface area contributed by atoms with E-state index in [-0.39, 0.29) is 6.61 Å². The molecular weight excluding hydrogens is 318 g/mol. The maximum absolute atomic E-state index is 9.84. The molecule has 0 saturated heterocycles. The second-order valence-corrected chi connectivity index (χ2v) is 7.12. The molecule has 1 aliphatic heterocycles. The molecule has 1 unspecified atom stereocenters. The standard InChI is InChI=1S/C18H25N5O2/c1-12-8-15(13-4-2-5-13)20-18(19-12)22-6-3-7-23-14(10-22)9-16(21-23)17(25)11-24/h8-9,13,17,24-25H,2-7,10-11H2,1H3. The van der Waals surface area contributed by atoms with Gasteiger partial charge in [0, 0.05) is 30.4 Å². The van der Waals surface area contributed by atoms with Crippen molar-refractivity contribution in [3.63, 3.8) is 0 Å². The first kappa shape index (κ1) is 16.5. The van der Waals surface area contributed by atoms with Crippen LogP contribution in [-0.2, 0) is 13.1 Å². The molecule has 25 heavy (non-hydrogen) atoms. The molecule has 0 bridgehead atoms. The van der Waals surface area contributed by atoms with Crippen molar-refractivity contribution in [1.29, 1.82) is 0 Å². The van der Waals surface area contributed by atoms with Crippen LogP contribution in [0.2, 0.25) is 0 Å². The second kappa shape index (κ2) is 6.72. The summed E-state index contributed by atoms with van der Waals surface area (Å²) in [6, 6.07) is 3.99. The molecule has 0 spiro atoms. The average molecular weight is 343 g/mol. The summed E-state index contributed by atoms with van der Waals surface area (Å²) in [6.45, 7) is 4.07. The lowest BCUT2D eigenvalue weighted by atomic mass is 9.83. The van der Waals surface area contributed by atoms with Crippen LogP contribution in [0, 0.1) is 6.92 Å². The van der Waals surface area contributed by atoms with Crippen LogP contribution < -0.4 is 4.90 Å². The molecule has 1 saturated carbocycles. The summed E-state index contributed by atoms with van der Waals surface area (Å²) in [7, 11) is 0. The molecule has 4 rings (SSSR count). The van der Waals surface area contributed by atoms with Crippen molar-refractivity contribution in [2.24, 2.45) is 0 Å². The van der Waals surface area contributed by atoms with Gasteiger partial charge in [0.1, 0.15) is 6.10 Å². The molecule has 2 aliphatic rings. The minimum Gasteiger partial charge on any atom is -0.393 e. The average Bonchev–Trinajstić information content (AvgIpc) is 2.83. The quantitative estimate of drug-likeness (QED) is 0.878. The highest BCUT2D eigenvalue weighted by atomic mass is 16.3. The number of hydrogen-bond donors (Lipinski definition) is 2. The Balaban J connectivity index is 1.60. The van der Waals surface area contributed by atoms with Gasteiger partial charge in [0.15, 0.2) is 0 Å². The molecule has 134 valence electrons. The van der Waals surface area contributed by atoms with Gasteiger partial charge in [-0.2, -0.15) is 5.10 Å². The highest BCUT2D eigenvalue weighted by Gasteiger charge is 2.25. The predicted octanol–water partition coefficient (Wildman–Crippen LogP) is 1.69. The van der Waals surface area contributed by atoms with Gasteiger partial charge >= 0.3 is 0 Å². The van der Waals surface area contributed by atoms with Crippen LogP contribution in [0.25, 0.3) is 0 Å². The highest BCUT2D eigenvalue weighted by molar-refractivity contribution is 5.35. The first-order chi connectivity index (χ1) is 12.1. The minimum absolute atomic E-state index is 0.314. The molecule has 1 aliphatic carbocycles. The Kier molecular flexibility index (Phi) is 4.43. The molecule has 7 heteroatoms. The van der Waals surface area contributed by atoms with Gasteiger partial charge in [0.2, 0.25) is 5.95 Å². The molecule has 1 fully saturated rings. The van der Waals surface area contributed by atoms with Crippen LogP contribution in [-0.4, -0.2) is 43.1 Å². The van der Waals surface area contributed by atoms with Gasteiger partial charge in [-0.1, -0.05) is 6.42 Å². The molecule has 0 amide bonds. The first-order valence-electron chi connectivity index (χ1n) is 9.10. The third kappa shape index (κ3) is 3.26. The van der Waals surface area contributed by atoms with Crippen molar-refractivity contribution in [2.75, 3.05) is 18.1 Å². The van der Waals surface area contributed by atoms with Gasteiger partial charge in [-0.05, 0) is 38.3 Å². The molecule has 0 aromatic carbocycles. The van der Waals surface area contributed by atoms with Crippen molar-refractivity contribution >= 4 is 5.95 Å². The van der Waals surface area contributed by atoms with Gasteiger partial charge < -0.3 is 15.1 Å². The monoisotopic (exact) mass is 343 g/mol. The first-order valence-corrected chi connectivity index (χ1v) is 9.10. The largest absolute Gasteiger partial charge is 0.393 e. The van der Waals surface area contributed by atoms with Crippen LogP contribution in [0.1, 0.15) is 60.5 Å². The van der Waals surface area contributed by atoms with Crippen molar-refractivity contribution in [1.82, 2.24) is 19.7 Å². The smallest absolute Gasteiger partial charge is 0.226 e. The summed E-state index contributed by atoms with van der Waals surface area (Å²) in [6.07, 6.45) is 3.77. The van der Waals surface area contributed by atoms with Gasteiger partial charge in [-0.25, -0.2) is 9.97 Å². The fraction of sp³-hybridized carbons (Fsp3) is 0.611. The Bertz CT molecular complexity index is 756. The summed E-state index contributed by atoms with van der Waals surface area (Å²) < 4.78 is 1.93. The number of anilines is 1. The molecule has 1 atom stereocenters. The number of fused-ring (bicyclic) bond motifs is 1. The second-order valence-electron chi connectivity index (χ2n) is 7.12. The maximum Gasteiger partial charge on any atom is 0.226 e. The van der Waals surface area contributed by atoms with E-state index in [2.05, 4.69) is 21.0 Å². The maximum atomic E-state index is 9.84. The Morgan fingerprint density at radius 3 is 2.76 bits per heavy atom. The van der Waals surface area contributed by atoms with E-state index >= 15 is 0 Å². The van der Waals surface area contributed by atoms with Gasteiger partial charge in [-0.15, -0.1) is 0 Å². The molecule has 2 aromatic rings. The van der Waals surface area contributed by atoms with E-state index in [1.54, 1.807) is 0 Å². The summed E-state index contributed by atoms with van der Waals surface area (Å²) >= 11 is 0. The number of hydrogen-bond acceptors (Lipinski definition) is 6. The highest BCUT2D eigenvalue weighted by Crippen LogP contribution is 2.36. The Morgan fingerprint density at radius 1 is 1.20 bits per heavy atom. The number of aliphatic hydroxyl groups excluding tert-OH is 2. The van der Waals surface area contributed by atoms with Crippen molar-refractivity contribution in [3.8, 4) is 0 Å². The molecule has 0 radical (unpaired) electrons. The summed E-state index contributed by atoms with van der Waals surface area (Å²) in [5.74, 6) is 1.38. The zero-order chi connectivity index (χ0) is 17.4. The Labute approximate surface area is 147 Å². The third-order valence-electron chi connectivity index (χ3n) is 5.22. The number of aliphatic hydroxyl groups is 2. The van der Waals surface area contributed by atoms with E-state index in [9.17, 15) is 5.11 Å². The van der Waals surface area contributed by atoms with Gasteiger partial charge in [0.25, 0.3) is 0 Å². The minimum atomic E-state index is -0.923. The Hall–Kier alpha value is -1.99. The molecular formula is C18H25N5O2. The van der Waals surface area contributed by atoms with Crippen LogP contribution in [0.15, 0.2) is 12.1 Å². The number of rotatable bonds is 4. The summed E-state index contributed by atoms with van der Waals surface area (Å²) in [5.41, 5.74) is 3.74. The van der Waals surface area contributed by atoms with Crippen molar-refractivity contribution < 1.29 is 10.2 Å². The van der Waals surface area contributed by atoms with E-state index in [1.165, 1.54) is 25.0 Å². The van der Waals surface area contributed by atoms with Crippen LogP contribution in [0.5, 0.6) is 0 Å². The van der Waals surface area contributed by atoms with E-state index < -0.39 is 6.10 Å². The molecule has 2 N–H and O–H groups in total. The Morgan fingerprint density at radius 2 is 2.04 bits per heavy atom. The zero-order valence-electron chi connectivity index (χ0n) is 14.6. The molecule has 2 aromatic heterocycles. The number of nitrogens with zero attached hydrogens (tertiary/aromatic N) is 5. The van der Waals surface area contributed by atoms with Crippen LogP contribution >= 0.6 is 0 Å². The van der Waals surface area contributed by atoms with Crippen LogP contribution in [0.3, 0.4) is 0 Å². The van der Waals surface area contributed by atoms with E-state index in [1.807, 2.05) is 17.7 Å². The summed E-state index contributed by atoms with van der Waals surface area (Å²) in [4.78, 5) is 11.7. The predicted molar refractivity (Wildman–Crippen MR) is 93.3 cm³/mol. The fourth-order valence-corrected chi connectivity index (χ4v) is 3.54. The fourth-order valence-electron chi connectivity index (χ4n) is 3.54. The zero-order valence-corrected chi connectivity index (χ0v) is 14.6. The van der Waals surface area contributed by atoms with Crippen LogP contribution in [0.4, 0.5) is 5.95 Å². The lowest BCUT2D eigenvalue weighted by Gasteiger charge is -2.27. The normalized spacial score (nSPS) is 19.2. The number of aromatic nitrogens is 4. The van der Waals surface area contributed by atoms with Gasteiger partial charge in [0.05, 0.1) is 24.5 Å². The number of aryl methyl sites for hydroxylation is 2. The van der Waals surface area contributed by atoms with E-state index in [4.69, 9.17) is 10.1 Å². The van der Waals surface area contributed by atoms with Crippen molar-refractivity contribution in [3.05, 3.63) is 34.9 Å².